The highest BCUT2D eigenvalue weighted by molar-refractivity contribution is 6.06. The number of rotatable bonds is 7. The van der Waals surface area contributed by atoms with Crippen molar-refractivity contribution in [1.29, 1.82) is 0 Å². The van der Waals surface area contributed by atoms with Crippen LogP contribution in [0.25, 0.3) is 22.4 Å². The SMILES string of the molecule is COc1cccc(NC(=O)[C@@H](OC(=O)c2cc(-c3ccco3)nc3ccccc23)c2ccccc2)c1. The van der Waals surface area contributed by atoms with E-state index in [4.69, 9.17) is 13.9 Å². The van der Waals surface area contributed by atoms with Gasteiger partial charge in [-0.3, -0.25) is 4.79 Å². The van der Waals surface area contributed by atoms with Crippen molar-refractivity contribution in [2.45, 2.75) is 6.10 Å². The molecular formula is C29H22N2O5. The summed E-state index contributed by atoms with van der Waals surface area (Å²) in [7, 11) is 1.55. The molecule has 7 heteroatoms. The number of furan rings is 1. The molecule has 36 heavy (non-hydrogen) atoms. The molecule has 2 aromatic heterocycles. The van der Waals surface area contributed by atoms with Gasteiger partial charge in [-0.15, -0.1) is 0 Å². The van der Waals surface area contributed by atoms with Crippen LogP contribution in [-0.2, 0) is 9.53 Å². The van der Waals surface area contributed by atoms with Gasteiger partial charge in [0.25, 0.3) is 5.91 Å². The molecule has 5 aromatic rings. The van der Waals surface area contributed by atoms with E-state index in [-0.39, 0.29) is 5.56 Å². The zero-order valence-corrected chi connectivity index (χ0v) is 19.4. The molecule has 0 saturated carbocycles. The number of nitrogens with zero attached hydrogens (tertiary/aromatic N) is 1. The first-order valence-corrected chi connectivity index (χ1v) is 11.3. The Morgan fingerprint density at radius 3 is 2.47 bits per heavy atom. The molecule has 5 rings (SSSR count). The van der Waals surface area contributed by atoms with Crippen molar-refractivity contribution < 1.29 is 23.5 Å². The number of ether oxygens (including phenoxy) is 2. The molecule has 1 amide bonds. The Bertz CT molecular complexity index is 1510. The molecule has 3 aromatic carbocycles. The number of methoxy groups -OCH3 is 1. The van der Waals surface area contributed by atoms with Gasteiger partial charge in [0, 0.05) is 22.7 Å². The second-order valence-corrected chi connectivity index (χ2v) is 7.97. The molecule has 1 N–H and O–H groups in total. The van der Waals surface area contributed by atoms with Gasteiger partial charge < -0.3 is 19.2 Å². The van der Waals surface area contributed by atoms with Crippen molar-refractivity contribution in [3.05, 3.63) is 114 Å². The molecule has 0 fully saturated rings. The predicted molar refractivity (Wildman–Crippen MR) is 136 cm³/mol. The first kappa shape index (κ1) is 22.9. The molecular weight excluding hydrogens is 456 g/mol. The average molecular weight is 479 g/mol. The van der Waals surface area contributed by atoms with Crippen molar-refractivity contribution in [2.75, 3.05) is 12.4 Å². The Hall–Kier alpha value is -4.91. The van der Waals surface area contributed by atoms with Crippen molar-refractivity contribution >= 4 is 28.5 Å². The third-order valence-electron chi connectivity index (χ3n) is 5.61. The summed E-state index contributed by atoms with van der Waals surface area (Å²) in [5.74, 6) is -0.0385. The maximum atomic E-state index is 13.5. The van der Waals surface area contributed by atoms with Crippen molar-refractivity contribution in [1.82, 2.24) is 4.98 Å². The fraction of sp³-hybridized carbons (Fsp3) is 0.0690. The lowest BCUT2D eigenvalue weighted by atomic mass is 10.1. The third-order valence-corrected chi connectivity index (χ3v) is 5.61. The lowest BCUT2D eigenvalue weighted by molar-refractivity contribution is -0.125. The molecule has 0 unspecified atom stereocenters. The first-order chi connectivity index (χ1) is 17.6. The largest absolute Gasteiger partial charge is 0.497 e. The molecule has 178 valence electrons. The molecule has 0 saturated heterocycles. The summed E-state index contributed by atoms with van der Waals surface area (Å²) in [6, 6.07) is 28.2. The number of esters is 1. The van der Waals surface area contributed by atoms with Gasteiger partial charge in [-0.25, -0.2) is 9.78 Å². The van der Waals surface area contributed by atoms with Gasteiger partial charge in [-0.05, 0) is 36.4 Å². The number of carbonyl (C=O) groups excluding carboxylic acids is 2. The van der Waals surface area contributed by atoms with Crippen LogP contribution in [0.3, 0.4) is 0 Å². The minimum absolute atomic E-state index is 0.280. The van der Waals surface area contributed by atoms with Crippen molar-refractivity contribution in [2.24, 2.45) is 0 Å². The Kier molecular flexibility index (Phi) is 6.44. The zero-order valence-electron chi connectivity index (χ0n) is 19.4. The fourth-order valence-electron chi connectivity index (χ4n) is 3.87. The van der Waals surface area contributed by atoms with Crippen molar-refractivity contribution in [3.8, 4) is 17.2 Å². The normalized spacial score (nSPS) is 11.6. The fourth-order valence-corrected chi connectivity index (χ4v) is 3.87. The third kappa shape index (κ3) is 4.81. The van der Waals surface area contributed by atoms with Gasteiger partial charge in [-0.1, -0.05) is 54.6 Å². The van der Waals surface area contributed by atoms with Crippen LogP contribution in [0.5, 0.6) is 5.75 Å². The topological polar surface area (TPSA) is 90.7 Å². The molecule has 7 nitrogen and oxygen atoms in total. The summed E-state index contributed by atoms with van der Waals surface area (Å²) in [6.45, 7) is 0. The highest BCUT2D eigenvalue weighted by Crippen LogP contribution is 2.28. The number of carbonyl (C=O) groups is 2. The number of nitrogens with one attached hydrogen (secondary N) is 1. The molecule has 0 bridgehead atoms. The van der Waals surface area contributed by atoms with E-state index in [1.807, 2.05) is 24.3 Å². The van der Waals surface area contributed by atoms with E-state index in [2.05, 4.69) is 10.3 Å². The van der Waals surface area contributed by atoms with Crippen LogP contribution < -0.4 is 10.1 Å². The van der Waals surface area contributed by atoms with E-state index >= 15 is 0 Å². The van der Waals surface area contributed by atoms with E-state index < -0.39 is 18.0 Å². The van der Waals surface area contributed by atoms with E-state index in [0.717, 1.165) is 0 Å². The number of aromatic nitrogens is 1. The van der Waals surface area contributed by atoms with E-state index in [1.54, 1.807) is 86.2 Å². The molecule has 0 radical (unpaired) electrons. The van der Waals surface area contributed by atoms with Crippen LogP contribution >= 0.6 is 0 Å². The summed E-state index contributed by atoms with van der Waals surface area (Å²) in [4.78, 5) is 31.5. The Balaban J connectivity index is 1.50. The predicted octanol–water partition coefficient (Wildman–Crippen LogP) is 6.04. The van der Waals surface area contributed by atoms with E-state index in [0.29, 0.717) is 39.4 Å². The zero-order chi connectivity index (χ0) is 24.9. The highest BCUT2D eigenvalue weighted by atomic mass is 16.5. The van der Waals surface area contributed by atoms with Gasteiger partial charge in [-0.2, -0.15) is 0 Å². The lowest BCUT2D eigenvalue weighted by Crippen LogP contribution is -2.26. The number of benzene rings is 3. The van der Waals surface area contributed by atoms with Crippen LogP contribution in [0, 0.1) is 0 Å². The summed E-state index contributed by atoms with van der Waals surface area (Å²) in [6.07, 6.45) is 0.349. The van der Waals surface area contributed by atoms with Crippen LogP contribution in [0.2, 0.25) is 0 Å². The molecule has 0 aliphatic carbocycles. The van der Waals surface area contributed by atoms with Gasteiger partial charge in [0.1, 0.15) is 11.4 Å². The van der Waals surface area contributed by atoms with Crippen LogP contribution in [0.15, 0.2) is 108 Å². The second kappa shape index (κ2) is 10.1. The van der Waals surface area contributed by atoms with Gasteiger partial charge in [0.15, 0.2) is 5.76 Å². The van der Waals surface area contributed by atoms with E-state index in [9.17, 15) is 9.59 Å². The number of hydrogen-bond donors (Lipinski definition) is 1. The number of anilines is 1. The van der Waals surface area contributed by atoms with Gasteiger partial charge >= 0.3 is 5.97 Å². The summed E-state index contributed by atoms with van der Waals surface area (Å²) >= 11 is 0. The van der Waals surface area contributed by atoms with Crippen LogP contribution in [-0.4, -0.2) is 24.0 Å². The number of para-hydroxylation sites is 1. The molecule has 0 spiro atoms. The smallest absolute Gasteiger partial charge is 0.340 e. The second-order valence-electron chi connectivity index (χ2n) is 7.97. The minimum atomic E-state index is -1.19. The van der Waals surface area contributed by atoms with Crippen LogP contribution in [0.1, 0.15) is 22.0 Å². The molecule has 1 atom stereocenters. The van der Waals surface area contributed by atoms with Gasteiger partial charge in [0.05, 0.1) is 24.5 Å². The first-order valence-electron chi connectivity index (χ1n) is 11.3. The Labute approximate surface area is 207 Å². The molecule has 0 aliphatic rings. The Morgan fingerprint density at radius 2 is 1.69 bits per heavy atom. The quantitative estimate of drug-likeness (QED) is 0.287. The maximum absolute atomic E-state index is 13.5. The van der Waals surface area contributed by atoms with Crippen molar-refractivity contribution in [3.63, 3.8) is 0 Å². The Morgan fingerprint density at radius 1 is 0.889 bits per heavy atom. The summed E-state index contributed by atoms with van der Waals surface area (Å²) in [5, 5.41) is 3.43. The monoisotopic (exact) mass is 478 g/mol. The molecule has 2 heterocycles. The number of amides is 1. The average Bonchev–Trinajstić information content (AvgIpc) is 3.47. The molecule has 0 aliphatic heterocycles. The highest BCUT2D eigenvalue weighted by Gasteiger charge is 2.27. The van der Waals surface area contributed by atoms with Crippen LogP contribution in [0.4, 0.5) is 5.69 Å². The summed E-state index contributed by atoms with van der Waals surface area (Å²) < 4.78 is 16.6. The lowest BCUT2D eigenvalue weighted by Gasteiger charge is -2.19. The standard InChI is InChI=1S/C29H22N2O5/c1-34-21-12-7-11-20(17-21)30-28(32)27(19-9-3-2-4-10-19)36-29(33)23-18-25(26-15-8-16-35-26)31-24-14-6-5-13-22(23)24/h2-18,27H,1H3,(H,30,32)/t27-/m0/s1. The minimum Gasteiger partial charge on any atom is -0.497 e. The maximum Gasteiger partial charge on any atom is 0.340 e. The van der Waals surface area contributed by atoms with Gasteiger partial charge in [0.2, 0.25) is 6.10 Å². The number of hydrogen-bond acceptors (Lipinski definition) is 6. The van der Waals surface area contributed by atoms with E-state index in [1.165, 1.54) is 0 Å². The summed E-state index contributed by atoms with van der Waals surface area (Å²) in [5.41, 5.74) is 2.43. The number of fused-ring (bicyclic) bond motifs is 1. The number of pyridine rings is 1.